The van der Waals surface area contributed by atoms with Gasteiger partial charge in [0.2, 0.25) is 5.91 Å². The largest absolute Gasteiger partial charge is 0.482 e. The lowest BCUT2D eigenvalue weighted by Crippen LogP contribution is -2.49. The van der Waals surface area contributed by atoms with Crippen LogP contribution in [0, 0.1) is 11.7 Å². The number of hydrogen-bond acceptors (Lipinski definition) is 5. The molecule has 0 bridgehead atoms. The smallest absolute Gasteiger partial charge is 0.341 e. The maximum atomic E-state index is 13.9. The summed E-state index contributed by atoms with van der Waals surface area (Å²) < 4.78 is 20.3. The predicted octanol–water partition coefficient (Wildman–Crippen LogP) is 2.48. The normalized spacial score (nSPS) is 19.8. The summed E-state index contributed by atoms with van der Waals surface area (Å²) in [4.78, 5) is 50.6. The first-order valence-corrected chi connectivity index (χ1v) is 11.6. The van der Waals surface area contributed by atoms with Crippen LogP contribution in [0.5, 0.6) is 5.75 Å². The molecule has 11 nitrogen and oxygen atoms in total. The number of primary amides is 1. The minimum absolute atomic E-state index is 0.00197. The van der Waals surface area contributed by atoms with Gasteiger partial charge in [0.25, 0.3) is 0 Å². The number of amides is 4. The predicted molar refractivity (Wildman–Crippen MR) is 129 cm³/mol. The Labute approximate surface area is 210 Å². The maximum Gasteiger partial charge on any atom is 0.341 e. The molecule has 0 unspecified atom stereocenters. The molecule has 12 heteroatoms. The first kappa shape index (κ1) is 24.1. The molecule has 1 aliphatic carbocycles. The van der Waals surface area contributed by atoms with Crippen molar-refractivity contribution in [3.8, 4) is 5.75 Å². The molecule has 3 atom stereocenters. The first-order valence-electron chi connectivity index (χ1n) is 11.6. The number of likely N-dealkylation sites (tertiary alicyclic amines) is 1. The molecule has 1 aliphatic heterocycles. The van der Waals surface area contributed by atoms with Crippen molar-refractivity contribution >= 4 is 40.5 Å². The van der Waals surface area contributed by atoms with Crippen LogP contribution >= 0.6 is 0 Å². The van der Waals surface area contributed by atoms with Gasteiger partial charge in [-0.15, -0.1) is 0 Å². The van der Waals surface area contributed by atoms with Gasteiger partial charge in [0.05, 0.1) is 11.2 Å². The number of anilines is 1. The molecular weight excluding hydrogens is 485 g/mol. The summed E-state index contributed by atoms with van der Waals surface area (Å²) in [5.41, 5.74) is 6.45. The molecule has 0 radical (unpaired) electrons. The average Bonchev–Trinajstić information content (AvgIpc) is 3.37. The summed E-state index contributed by atoms with van der Waals surface area (Å²) in [6.45, 7) is -0.567. The Morgan fingerprint density at radius 3 is 2.65 bits per heavy atom. The minimum Gasteiger partial charge on any atom is -0.482 e. The molecule has 2 aromatic carbocycles. The van der Waals surface area contributed by atoms with Gasteiger partial charge in [0.1, 0.15) is 17.6 Å². The number of aromatic nitrogens is 1. The van der Waals surface area contributed by atoms with Gasteiger partial charge >= 0.3 is 18.0 Å². The molecule has 2 heterocycles. The topological polar surface area (TPSA) is 156 Å². The Morgan fingerprint density at radius 2 is 1.92 bits per heavy atom. The van der Waals surface area contributed by atoms with Crippen molar-refractivity contribution in [3.05, 3.63) is 60.0 Å². The molecule has 1 saturated carbocycles. The van der Waals surface area contributed by atoms with E-state index in [1.165, 1.54) is 35.4 Å². The number of nitrogens with two attached hydrogens (primary N) is 1. The third kappa shape index (κ3) is 4.77. The van der Waals surface area contributed by atoms with Gasteiger partial charge in [-0.25, -0.2) is 18.8 Å². The Bertz CT molecular complexity index is 1420. The zero-order valence-electron chi connectivity index (χ0n) is 19.5. The van der Waals surface area contributed by atoms with E-state index in [1.54, 1.807) is 18.2 Å². The van der Waals surface area contributed by atoms with Crippen LogP contribution in [0.15, 0.2) is 48.7 Å². The van der Waals surface area contributed by atoms with Gasteiger partial charge in [-0.1, -0.05) is 18.2 Å². The van der Waals surface area contributed by atoms with Gasteiger partial charge in [0.15, 0.2) is 6.61 Å². The van der Waals surface area contributed by atoms with Crippen LogP contribution in [0.25, 0.3) is 10.9 Å². The molecule has 2 aliphatic rings. The number of ether oxygens (including phenoxy) is 1. The number of carboxylic acids is 1. The number of aliphatic carboxylic acids is 1. The highest BCUT2D eigenvalue weighted by Crippen LogP contribution is 2.48. The third-order valence-corrected chi connectivity index (χ3v) is 6.67. The Kier molecular flexibility index (Phi) is 6.15. The van der Waals surface area contributed by atoms with E-state index in [0.29, 0.717) is 22.9 Å². The quantitative estimate of drug-likeness (QED) is 0.383. The van der Waals surface area contributed by atoms with E-state index in [2.05, 4.69) is 10.6 Å². The molecule has 3 aromatic rings. The van der Waals surface area contributed by atoms with Crippen LogP contribution < -0.4 is 21.1 Å². The molecule has 0 spiro atoms. The van der Waals surface area contributed by atoms with Crippen molar-refractivity contribution in [2.45, 2.75) is 31.5 Å². The summed E-state index contributed by atoms with van der Waals surface area (Å²) in [5, 5.41) is 14.8. The molecule has 1 saturated heterocycles. The molecule has 4 amide bonds. The number of halogens is 1. The fourth-order valence-corrected chi connectivity index (χ4v) is 4.83. The zero-order chi connectivity index (χ0) is 26.3. The second-order valence-corrected chi connectivity index (χ2v) is 9.07. The van der Waals surface area contributed by atoms with Crippen molar-refractivity contribution in [2.24, 2.45) is 11.7 Å². The number of rotatable bonds is 7. The summed E-state index contributed by atoms with van der Waals surface area (Å²) in [6.07, 6.45) is 2.64. The number of piperidine rings is 1. The van der Waals surface area contributed by atoms with E-state index in [0.717, 1.165) is 11.0 Å². The van der Waals surface area contributed by atoms with Crippen LogP contribution in [-0.2, 0) is 16.1 Å². The van der Waals surface area contributed by atoms with Crippen molar-refractivity contribution in [1.82, 2.24) is 14.8 Å². The van der Waals surface area contributed by atoms with E-state index in [9.17, 15) is 23.6 Å². The second kappa shape index (κ2) is 9.45. The highest BCUT2D eigenvalue weighted by Gasteiger charge is 2.56. The molecule has 2 fully saturated rings. The van der Waals surface area contributed by atoms with Crippen LogP contribution in [0.4, 0.5) is 19.7 Å². The number of hydrogen-bond donors (Lipinski definition) is 4. The van der Waals surface area contributed by atoms with Crippen LogP contribution in [-0.4, -0.2) is 57.2 Å². The van der Waals surface area contributed by atoms with Crippen molar-refractivity contribution in [2.75, 3.05) is 11.9 Å². The molecule has 5 rings (SSSR count). The third-order valence-electron chi connectivity index (χ3n) is 6.67. The molecule has 192 valence electrons. The Morgan fingerprint density at radius 1 is 1.14 bits per heavy atom. The van der Waals surface area contributed by atoms with Gasteiger partial charge in [0, 0.05) is 29.7 Å². The number of nitrogens with one attached hydrogen (secondary N) is 2. The maximum absolute atomic E-state index is 13.9. The van der Waals surface area contributed by atoms with Crippen LogP contribution in [0.3, 0.4) is 0 Å². The number of urea groups is 1. The van der Waals surface area contributed by atoms with Gasteiger partial charge in [-0.05, 0) is 43.0 Å². The fraction of sp³-hybridized carbons (Fsp3) is 0.280. The average molecular weight is 509 g/mol. The molecule has 37 heavy (non-hydrogen) atoms. The van der Waals surface area contributed by atoms with E-state index in [4.69, 9.17) is 15.6 Å². The lowest BCUT2D eigenvalue weighted by atomic mass is 10.1. The zero-order valence-corrected chi connectivity index (χ0v) is 19.5. The number of carbonyl (C=O) groups is 4. The van der Waals surface area contributed by atoms with Crippen LogP contribution in [0.2, 0.25) is 0 Å². The Hall–Kier alpha value is -4.61. The SMILES string of the molecule is NC(=O)n1cc(NC(=O)N2[C@@H]3C[C@@H]3C[C@H]2C(=O)NCc2ccccc2F)c2cc(OCC(=O)O)ccc21. The molecule has 5 N–H and O–H groups in total. The Balaban J connectivity index is 1.35. The van der Waals surface area contributed by atoms with Gasteiger partial charge in [-0.2, -0.15) is 0 Å². The minimum atomic E-state index is -1.16. The van der Waals surface area contributed by atoms with Gasteiger partial charge < -0.3 is 31.1 Å². The van der Waals surface area contributed by atoms with E-state index < -0.39 is 36.5 Å². The number of carboxylic acid groups (broad SMARTS) is 1. The van der Waals surface area contributed by atoms with E-state index in [1.807, 2.05) is 0 Å². The standard InChI is InChI=1S/C25H24FN5O6/c26-17-4-2-1-3-13(17)10-28-23(34)21-8-14-7-20(14)31(21)25(36)29-18-11-30(24(27)35)19-6-5-15(9-16(18)19)37-12-22(32)33/h1-6,9,11,14,20-21H,7-8,10,12H2,(H2,27,35)(H,28,34)(H,29,36)(H,32,33)/t14-,20-,21+/m1/s1. The monoisotopic (exact) mass is 509 g/mol. The van der Waals surface area contributed by atoms with Gasteiger partial charge in [-0.3, -0.25) is 9.36 Å². The first-order chi connectivity index (χ1) is 17.7. The number of carbonyl (C=O) groups excluding carboxylic acids is 3. The van der Waals surface area contributed by atoms with Crippen LogP contribution in [0.1, 0.15) is 18.4 Å². The fourth-order valence-electron chi connectivity index (χ4n) is 4.83. The number of nitrogens with zero attached hydrogens (tertiary/aromatic N) is 2. The molecule has 1 aromatic heterocycles. The number of fused-ring (bicyclic) bond motifs is 2. The second-order valence-electron chi connectivity index (χ2n) is 9.07. The van der Waals surface area contributed by atoms with Crippen molar-refractivity contribution in [1.29, 1.82) is 0 Å². The highest BCUT2D eigenvalue weighted by atomic mass is 19.1. The summed E-state index contributed by atoms with van der Waals surface area (Å²) >= 11 is 0. The van der Waals surface area contributed by atoms with E-state index >= 15 is 0 Å². The lowest BCUT2D eigenvalue weighted by molar-refractivity contribution is -0.139. The summed E-state index contributed by atoms with van der Waals surface area (Å²) in [6, 6.07) is 8.51. The van der Waals surface area contributed by atoms with E-state index in [-0.39, 0.29) is 35.8 Å². The summed E-state index contributed by atoms with van der Waals surface area (Å²) in [5.74, 6) is -1.53. The van der Waals surface area contributed by atoms with Crippen molar-refractivity contribution in [3.63, 3.8) is 0 Å². The highest BCUT2D eigenvalue weighted by molar-refractivity contribution is 6.06. The molecular formula is C25H24FN5O6. The summed E-state index contributed by atoms with van der Waals surface area (Å²) in [7, 11) is 0. The van der Waals surface area contributed by atoms with Crippen molar-refractivity contribution < 1.29 is 33.4 Å². The number of benzene rings is 2. The lowest BCUT2D eigenvalue weighted by Gasteiger charge is -2.27.